The first-order valence-electron chi connectivity index (χ1n) is 5.17. The maximum Gasteiger partial charge on any atom is 0.192 e. The molecular formula is C10H24O2Si. The van der Waals surface area contributed by atoms with Crippen LogP contribution in [0.15, 0.2) is 0 Å². The summed E-state index contributed by atoms with van der Waals surface area (Å²) in [6, 6.07) is 0. The third kappa shape index (κ3) is 4.25. The van der Waals surface area contributed by atoms with Crippen molar-refractivity contribution in [3.05, 3.63) is 0 Å². The maximum absolute atomic E-state index is 9.62. The van der Waals surface area contributed by atoms with Gasteiger partial charge in [0.05, 0.1) is 6.10 Å². The molecule has 0 unspecified atom stereocenters. The molecule has 2 atom stereocenters. The van der Waals surface area contributed by atoms with E-state index in [9.17, 15) is 5.11 Å². The van der Waals surface area contributed by atoms with Gasteiger partial charge in [0.25, 0.3) is 0 Å². The second-order valence-corrected chi connectivity index (χ2v) is 8.71. The van der Waals surface area contributed by atoms with E-state index < -0.39 is 8.32 Å². The Kier molecular flexibility index (Phi) is 5.18. The highest BCUT2D eigenvalue weighted by Gasteiger charge is 2.36. The molecule has 13 heavy (non-hydrogen) atoms. The predicted molar refractivity (Wildman–Crippen MR) is 59.4 cm³/mol. The molecule has 0 aromatic carbocycles. The minimum absolute atomic E-state index is 0.245. The number of hydrogen-bond donors (Lipinski definition) is 1. The van der Waals surface area contributed by atoms with Crippen LogP contribution in [-0.4, -0.2) is 25.6 Å². The summed E-state index contributed by atoms with van der Waals surface area (Å²) >= 11 is 0. The highest BCUT2D eigenvalue weighted by atomic mass is 28.4. The smallest absolute Gasteiger partial charge is 0.192 e. The first-order valence-corrected chi connectivity index (χ1v) is 8.15. The van der Waals surface area contributed by atoms with Crippen molar-refractivity contribution in [2.24, 2.45) is 0 Å². The summed E-state index contributed by atoms with van der Waals surface area (Å²) in [6.45, 7) is 12.5. The van der Waals surface area contributed by atoms with E-state index in [-0.39, 0.29) is 12.2 Å². The van der Waals surface area contributed by atoms with Gasteiger partial charge in [-0.15, -0.1) is 0 Å². The monoisotopic (exact) mass is 204 g/mol. The van der Waals surface area contributed by atoms with Gasteiger partial charge in [-0.3, -0.25) is 0 Å². The maximum atomic E-state index is 9.62. The zero-order valence-electron chi connectivity index (χ0n) is 9.79. The van der Waals surface area contributed by atoms with Crippen LogP contribution in [-0.2, 0) is 4.43 Å². The van der Waals surface area contributed by atoms with E-state index in [2.05, 4.69) is 33.9 Å². The lowest BCUT2D eigenvalue weighted by molar-refractivity contribution is 0.155. The normalized spacial score (nSPS) is 17.5. The minimum atomic E-state index is -1.71. The molecule has 0 aromatic rings. The third-order valence-electron chi connectivity index (χ3n) is 2.45. The van der Waals surface area contributed by atoms with E-state index in [0.29, 0.717) is 5.54 Å². The van der Waals surface area contributed by atoms with Crippen molar-refractivity contribution < 1.29 is 9.53 Å². The molecule has 0 fully saturated rings. The van der Waals surface area contributed by atoms with Gasteiger partial charge in [-0.2, -0.15) is 0 Å². The van der Waals surface area contributed by atoms with Gasteiger partial charge in [-0.1, -0.05) is 13.3 Å². The fraction of sp³-hybridized carbons (Fsp3) is 1.00. The molecule has 3 heteroatoms. The second kappa shape index (κ2) is 5.13. The lowest BCUT2D eigenvalue weighted by Gasteiger charge is -2.35. The largest absolute Gasteiger partial charge is 0.415 e. The number of hydrogen-bond acceptors (Lipinski definition) is 2. The van der Waals surface area contributed by atoms with E-state index in [1.54, 1.807) is 0 Å². The van der Waals surface area contributed by atoms with Crippen molar-refractivity contribution >= 4 is 8.32 Å². The van der Waals surface area contributed by atoms with Crippen molar-refractivity contribution in [1.29, 1.82) is 0 Å². The summed E-state index contributed by atoms with van der Waals surface area (Å²) in [5.41, 5.74) is 0.342. The van der Waals surface area contributed by atoms with Crippen LogP contribution in [0.25, 0.3) is 0 Å². The SMILES string of the molecule is CC[C@H]([C@@H](C)O)[Si](C)(C)OC(C)C. The molecule has 0 aliphatic rings. The van der Waals surface area contributed by atoms with Crippen molar-refractivity contribution in [3.63, 3.8) is 0 Å². The van der Waals surface area contributed by atoms with E-state index in [4.69, 9.17) is 4.43 Å². The molecule has 0 saturated heterocycles. The minimum Gasteiger partial charge on any atom is -0.415 e. The average Bonchev–Trinajstić information content (AvgIpc) is 1.82. The van der Waals surface area contributed by atoms with Gasteiger partial charge in [0.15, 0.2) is 8.32 Å². The van der Waals surface area contributed by atoms with Crippen LogP contribution in [0.5, 0.6) is 0 Å². The van der Waals surface area contributed by atoms with Crippen molar-refractivity contribution in [2.45, 2.75) is 65.0 Å². The second-order valence-electron chi connectivity index (χ2n) is 4.53. The molecule has 2 nitrogen and oxygen atoms in total. The Morgan fingerprint density at radius 1 is 1.23 bits per heavy atom. The van der Waals surface area contributed by atoms with Gasteiger partial charge in [-0.05, 0) is 33.9 Å². The summed E-state index contributed by atoms with van der Waals surface area (Å²) in [6.07, 6.45) is 1.03. The van der Waals surface area contributed by atoms with Crippen LogP contribution >= 0.6 is 0 Å². The van der Waals surface area contributed by atoms with Gasteiger partial charge < -0.3 is 9.53 Å². The Hall–Kier alpha value is 0.137. The Morgan fingerprint density at radius 2 is 1.69 bits per heavy atom. The van der Waals surface area contributed by atoms with Crippen LogP contribution in [0.2, 0.25) is 18.6 Å². The molecule has 0 spiro atoms. The van der Waals surface area contributed by atoms with Gasteiger partial charge in [-0.25, -0.2) is 0 Å². The summed E-state index contributed by atoms with van der Waals surface area (Å²) in [4.78, 5) is 0. The molecule has 0 bridgehead atoms. The molecule has 80 valence electrons. The van der Waals surface area contributed by atoms with Crippen LogP contribution in [0, 0.1) is 0 Å². The standard InChI is InChI=1S/C10H24O2Si/c1-7-10(9(4)11)13(5,6)12-8(2)3/h8-11H,7H2,1-6H3/t9-,10-/m1/s1. The first-order chi connectivity index (χ1) is 5.81. The summed E-state index contributed by atoms with van der Waals surface area (Å²) in [5, 5.41) is 9.62. The molecule has 0 aromatic heterocycles. The predicted octanol–water partition coefficient (Wildman–Crippen LogP) is 2.78. The zero-order valence-corrected chi connectivity index (χ0v) is 10.8. The van der Waals surface area contributed by atoms with Gasteiger partial charge in [0.1, 0.15) is 0 Å². The lowest BCUT2D eigenvalue weighted by atomic mass is 10.2. The highest BCUT2D eigenvalue weighted by molar-refractivity contribution is 6.72. The third-order valence-corrected chi connectivity index (χ3v) is 6.21. The Bertz CT molecular complexity index is 144. The Labute approximate surface area is 83.4 Å². The molecule has 0 saturated carbocycles. The molecule has 0 rings (SSSR count). The van der Waals surface area contributed by atoms with Crippen molar-refractivity contribution in [3.8, 4) is 0 Å². The Balaban J connectivity index is 4.37. The Morgan fingerprint density at radius 3 is 1.92 bits per heavy atom. The van der Waals surface area contributed by atoms with E-state index in [0.717, 1.165) is 6.42 Å². The van der Waals surface area contributed by atoms with E-state index in [1.165, 1.54) is 0 Å². The fourth-order valence-electron chi connectivity index (χ4n) is 2.11. The molecule has 0 aliphatic carbocycles. The van der Waals surface area contributed by atoms with E-state index >= 15 is 0 Å². The number of rotatable bonds is 5. The molecule has 0 amide bonds. The molecule has 0 aliphatic heterocycles. The van der Waals surface area contributed by atoms with Gasteiger partial charge in [0.2, 0.25) is 0 Å². The number of aliphatic hydroxyl groups excluding tert-OH is 1. The van der Waals surface area contributed by atoms with Gasteiger partial charge >= 0.3 is 0 Å². The highest BCUT2D eigenvalue weighted by Crippen LogP contribution is 2.30. The molecule has 0 heterocycles. The molecular weight excluding hydrogens is 180 g/mol. The van der Waals surface area contributed by atoms with Crippen molar-refractivity contribution in [2.75, 3.05) is 0 Å². The zero-order chi connectivity index (χ0) is 10.6. The first kappa shape index (κ1) is 13.1. The average molecular weight is 204 g/mol. The van der Waals surface area contributed by atoms with Crippen molar-refractivity contribution in [1.82, 2.24) is 0 Å². The summed E-state index contributed by atoms with van der Waals surface area (Å²) in [7, 11) is -1.71. The lowest BCUT2D eigenvalue weighted by Crippen LogP contribution is -2.43. The van der Waals surface area contributed by atoms with Gasteiger partial charge in [0, 0.05) is 11.6 Å². The topological polar surface area (TPSA) is 29.5 Å². The molecule has 1 N–H and O–H groups in total. The van der Waals surface area contributed by atoms with Crippen LogP contribution in [0.4, 0.5) is 0 Å². The van der Waals surface area contributed by atoms with Crippen LogP contribution in [0.3, 0.4) is 0 Å². The van der Waals surface area contributed by atoms with Crippen LogP contribution in [0.1, 0.15) is 34.1 Å². The number of aliphatic hydroxyl groups is 1. The van der Waals surface area contributed by atoms with Crippen LogP contribution < -0.4 is 0 Å². The quantitative estimate of drug-likeness (QED) is 0.698. The summed E-state index contributed by atoms with van der Waals surface area (Å²) < 4.78 is 5.93. The fourth-order valence-corrected chi connectivity index (χ4v) is 5.64. The van der Waals surface area contributed by atoms with E-state index in [1.807, 2.05) is 6.92 Å². The molecule has 0 radical (unpaired) electrons. The summed E-state index contributed by atoms with van der Waals surface area (Å²) in [5.74, 6) is 0.